The molecule has 0 heterocycles. The summed E-state index contributed by atoms with van der Waals surface area (Å²) >= 11 is 0. The monoisotopic (exact) mass is 375 g/mol. The summed E-state index contributed by atoms with van der Waals surface area (Å²) < 4.78 is 16.0. The number of hydrogen-bond acceptors (Lipinski definition) is 5. The quantitative estimate of drug-likeness (QED) is 0.609. The molecular weight excluding hydrogens is 346 g/mol. The number of hydrogen-bond donors (Lipinski definition) is 1. The molecule has 1 atom stereocenters. The average molecular weight is 375 g/mol. The van der Waals surface area contributed by atoms with Gasteiger partial charge in [0.1, 0.15) is 29.6 Å². The minimum atomic E-state index is -0.878. The smallest absolute Gasteiger partial charge is 0.408 e. The Bertz CT molecular complexity index is 674. The van der Waals surface area contributed by atoms with Gasteiger partial charge in [-0.05, 0) is 59.2 Å². The maximum Gasteiger partial charge on any atom is 0.408 e. The second-order valence-electron chi connectivity index (χ2n) is 8.07. The number of amides is 1. The van der Waals surface area contributed by atoms with Gasteiger partial charge in [-0.3, -0.25) is 0 Å². The first-order valence-corrected chi connectivity index (χ1v) is 8.77. The molecule has 1 amide bonds. The van der Waals surface area contributed by atoms with Crippen LogP contribution in [0.2, 0.25) is 0 Å². The summed E-state index contributed by atoms with van der Waals surface area (Å²) in [6.07, 6.45) is 4.75. The number of alkyl carbamates (subject to hydrolysis) is 1. The van der Waals surface area contributed by atoms with Gasteiger partial charge in [0.05, 0.1) is 0 Å². The number of carbonyl (C=O) groups is 2. The van der Waals surface area contributed by atoms with Gasteiger partial charge in [0.2, 0.25) is 0 Å². The maximum absolute atomic E-state index is 12.5. The summed E-state index contributed by atoms with van der Waals surface area (Å²) in [5.74, 6) is 2.50. The molecule has 0 bridgehead atoms. The molecular formula is C21H29NO5. The van der Waals surface area contributed by atoms with Gasteiger partial charge >= 0.3 is 12.1 Å². The Morgan fingerprint density at radius 2 is 1.59 bits per heavy atom. The zero-order valence-corrected chi connectivity index (χ0v) is 16.9. The predicted octanol–water partition coefficient (Wildman–Crippen LogP) is 3.48. The largest absolute Gasteiger partial charge is 0.481 e. The van der Waals surface area contributed by atoms with E-state index in [0.717, 1.165) is 5.56 Å². The Hall–Kier alpha value is -2.68. The summed E-state index contributed by atoms with van der Waals surface area (Å²) in [5.41, 5.74) is -0.508. The number of nitrogens with one attached hydrogen (secondary N) is 1. The minimum Gasteiger partial charge on any atom is -0.481 e. The highest BCUT2D eigenvalue weighted by Crippen LogP contribution is 2.16. The number of rotatable bonds is 6. The first kappa shape index (κ1) is 22.4. The average Bonchev–Trinajstić information content (AvgIpc) is 2.50. The second kappa shape index (κ2) is 9.31. The summed E-state index contributed by atoms with van der Waals surface area (Å²) in [7, 11) is 0. The van der Waals surface area contributed by atoms with Crippen LogP contribution in [0.25, 0.3) is 0 Å². The number of esters is 1. The molecule has 0 radical (unpaired) electrons. The summed E-state index contributed by atoms with van der Waals surface area (Å²) in [6, 6.07) is 6.25. The predicted molar refractivity (Wildman–Crippen MR) is 103 cm³/mol. The molecule has 0 spiro atoms. The third-order valence-electron chi connectivity index (χ3n) is 3.07. The van der Waals surface area contributed by atoms with Crippen molar-refractivity contribution in [3.8, 4) is 18.1 Å². The van der Waals surface area contributed by atoms with Crippen LogP contribution in [0.4, 0.5) is 4.79 Å². The van der Waals surface area contributed by atoms with Crippen molar-refractivity contribution in [2.45, 2.75) is 65.2 Å². The Labute approximate surface area is 161 Å². The van der Waals surface area contributed by atoms with E-state index in [1.54, 1.807) is 65.8 Å². The van der Waals surface area contributed by atoms with Crippen molar-refractivity contribution < 1.29 is 23.8 Å². The topological polar surface area (TPSA) is 73.9 Å². The van der Waals surface area contributed by atoms with Crippen molar-refractivity contribution in [3.63, 3.8) is 0 Å². The first-order valence-electron chi connectivity index (χ1n) is 8.77. The van der Waals surface area contributed by atoms with Gasteiger partial charge < -0.3 is 19.5 Å². The maximum atomic E-state index is 12.5. The van der Waals surface area contributed by atoms with Crippen molar-refractivity contribution >= 4 is 12.1 Å². The van der Waals surface area contributed by atoms with Crippen LogP contribution in [0.5, 0.6) is 5.75 Å². The fourth-order valence-electron chi connectivity index (χ4n) is 2.10. The van der Waals surface area contributed by atoms with E-state index in [-0.39, 0.29) is 13.0 Å². The van der Waals surface area contributed by atoms with Crippen LogP contribution >= 0.6 is 0 Å². The highest BCUT2D eigenvalue weighted by Gasteiger charge is 2.28. The molecule has 1 N–H and O–H groups in total. The summed E-state index contributed by atoms with van der Waals surface area (Å²) in [5, 5.41) is 2.60. The Morgan fingerprint density at radius 3 is 2.07 bits per heavy atom. The van der Waals surface area contributed by atoms with Gasteiger partial charge in [-0.1, -0.05) is 18.1 Å². The first-order chi connectivity index (χ1) is 12.4. The molecule has 148 valence electrons. The fourth-order valence-corrected chi connectivity index (χ4v) is 2.10. The van der Waals surface area contributed by atoms with Crippen LogP contribution < -0.4 is 10.1 Å². The van der Waals surface area contributed by atoms with Gasteiger partial charge in [0.15, 0.2) is 0 Å². The third kappa shape index (κ3) is 9.55. The molecule has 1 rings (SSSR count). The summed E-state index contributed by atoms with van der Waals surface area (Å²) in [4.78, 5) is 24.7. The molecule has 6 nitrogen and oxygen atoms in total. The van der Waals surface area contributed by atoms with E-state index in [0.29, 0.717) is 5.75 Å². The van der Waals surface area contributed by atoms with E-state index in [9.17, 15) is 9.59 Å². The molecule has 0 aliphatic rings. The van der Waals surface area contributed by atoms with Gasteiger partial charge in [-0.15, -0.1) is 6.42 Å². The Balaban J connectivity index is 2.88. The normalized spacial score (nSPS) is 12.5. The Kier molecular flexibility index (Phi) is 7.71. The number of carbonyl (C=O) groups excluding carboxylic acids is 2. The zero-order valence-electron chi connectivity index (χ0n) is 16.9. The van der Waals surface area contributed by atoms with E-state index in [4.69, 9.17) is 20.6 Å². The van der Waals surface area contributed by atoms with Crippen LogP contribution in [-0.2, 0) is 20.7 Å². The lowest BCUT2D eigenvalue weighted by Crippen LogP contribution is -2.47. The van der Waals surface area contributed by atoms with Crippen LogP contribution in [-0.4, -0.2) is 35.9 Å². The van der Waals surface area contributed by atoms with Gasteiger partial charge in [0, 0.05) is 6.42 Å². The molecule has 27 heavy (non-hydrogen) atoms. The van der Waals surface area contributed by atoms with Crippen molar-refractivity contribution in [3.05, 3.63) is 29.8 Å². The SMILES string of the molecule is C#CCOc1ccc(C[C@H](NC(=O)OC(C)(C)C)C(=O)OC(C)(C)C)cc1. The third-order valence-corrected chi connectivity index (χ3v) is 3.07. The molecule has 0 unspecified atom stereocenters. The molecule has 0 aliphatic carbocycles. The van der Waals surface area contributed by atoms with Gasteiger partial charge in [-0.25, -0.2) is 9.59 Å². The molecule has 0 aromatic heterocycles. The minimum absolute atomic E-state index is 0.181. The summed E-state index contributed by atoms with van der Waals surface area (Å²) in [6.45, 7) is 10.8. The standard InChI is InChI=1S/C21H29NO5/c1-8-13-25-16-11-9-15(10-12-16)14-17(18(23)26-20(2,3)4)22-19(24)27-21(5,6)7/h1,9-12,17H,13-14H2,2-7H3,(H,22,24)/t17-/m0/s1. The van der Waals surface area contributed by atoms with E-state index in [2.05, 4.69) is 11.2 Å². The molecule has 0 fully saturated rings. The molecule has 0 aliphatic heterocycles. The van der Waals surface area contributed by atoms with Crippen molar-refractivity contribution in [2.75, 3.05) is 6.61 Å². The number of ether oxygens (including phenoxy) is 3. The molecule has 1 aromatic carbocycles. The van der Waals surface area contributed by atoms with Crippen molar-refractivity contribution in [1.29, 1.82) is 0 Å². The Morgan fingerprint density at radius 1 is 1.04 bits per heavy atom. The van der Waals surface area contributed by atoms with Crippen molar-refractivity contribution in [2.24, 2.45) is 0 Å². The van der Waals surface area contributed by atoms with Crippen LogP contribution in [0.15, 0.2) is 24.3 Å². The van der Waals surface area contributed by atoms with Crippen molar-refractivity contribution in [1.82, 2.24) is 5.32 Å². The van der Waals surface area contributed by atoms with E-state index in [1.165, 1.54) is 0 Å². The zero-order chi connectivity index (χ0) is 20.7. The second-order valence-corrected chi connectivity index (χ2v) is 8.07. The highest BCUT2D eigenvalue weighted by molar-refractivity contribution is 5.82. The lowest BCUT2D eigenvalue weighted by molar-refractivity contribution is -0.157. The highest BCUT2D eigenvalue weighted by atomic mass is 16.6. The molecule has 1 aromatic rings. The van der Waals surface area contributed by atoms with Gasteiger partial charge in [-0.2, -0.15) is 0 Å². The molecule has 0 saturated carbocycles. The van der Waals surface area contributed by atoms with E-state index < -0.39 is 29.3 Å². The lowest BCUT2D eigenvalue weighted by atomic mass is 10.1. The lowest BCUT2D eigenvalue weighted by Gasteiger charge is -2.26. The van der Waals surface area contributed by atoms with Crippen LogP contribution in [0.3, 0.4) is 0 Å². The van der Waals surface area contributed by atoms with E-state index in [1.807, 2.05) is 0 Å². The number of benzene rings is 1. The van der Waals surface area contributed by atoms with Crippen LogP contribution in [0.1, 0.15) is 47.1 Å². The number of terminal acetylenes is 1. The van der Waals surface area contributed by atoms with E-state index >= 15 is 0 Å². The molecule has 6 heteroatoms. The fraction of sp³-hybridized carbons (Fsp3) is 0.524. The van der Waals surface area contributed by atoms with Crippen LogP contribution in [0, 0.1) is 12.3 Å². The van der Waals surface area contributed by atoms with Gasteiger partial charge in [0.25, 0.3) is 0 Å². The molecule has 0 saturated heterocycles.